The van der Waals surface area contributed by atoms with Crippen LogP contribution >= 0.6 is 0 Å². The maximum absolute atomic E-state index is 11.0. The van der Waals surface area contributed by atoms with Crippen LogP contribution in [-0.4, -0.2) is 31.8 Å². The molecule has 0 aromatic heterocycles. The van der Waals surface area contributed by atoms with E-state index in [-0.39, 0.29) is 19.8 Å². The van der Waals surface area contributed by atoms with Crippen LogP contribution < -0.4 is 5.32 Å². The van der Waals surface area contributed by atoms with Crippen molar-refractivity contribution in [3.63, 3.8) is 0 Å². The first-order valence-corrected chi connectivity index (χ1v) is 4.92. The van der Waals surface area contributed by atoms with Crippen LogP contribution in [0.3, 0.4) is 0 Å². The molecule has 0 saturated carbocycles. The van der Waals surface area contributed by atoms with Gasteiger partial charge in [0.25, 0.3) is 0 Å². The van der Waals surface area contributed by atoms with Crippen molar-refractivity contribution in [2.45, 2.75) is 13.8 Å². The van der Waals surface area contributed by atoms with Crippen molar-refractivity contribution >= 4 is 12.1 Å². The molecule has 16 heavy (non-hydrogen) atoms. The third-order valence-electron chi connectivity index (χ3n) is 1.50. The summed E-state index contributed by atoms with van der Waals surface area (Å²) in [5.41, 5.74) is 0.329. The van der Waals surface area contributed by atoms with E-state index in [2.05, 4.69) is 11.9 Å². The van der Waals surface area contributed by atoms with E-state index in [1.807, 2.05) is 6.92 Å². The Labute approximate surface area is 95.1 Å². The lowest BCUT2D eigenvalue weighted by Gasteiger charge is -2.06. The molecule has 5 nitrogen and oxygen atoms in total. The molecule has 0 aromatic rings. The number of ether oxygens (including phenoxy) is 2. The third-order valence-corrected chi connectivity index (χ3v) is 1.50. The van der Waals surface area contributed by atoms with Crippen LogP contribution in [0.25, 0.3) is 0 Å². The molecule has 0 fully saturated rings. The highest BCUT2D eigenvalue weighted by Crippen LogP contribution is 1.90. The van der Waals surface area contributed by atoms with Crippen LogP contribution in [-0.2, 0) is 14.3 Å². The van der Waals surface area contributed by atoms with Crippen molar-refractivity contribution in [1.29, 1.82) is 0 Å². The van der Waals surface area contributed by atoms with Crippen LogP contribution in [0.2, 0.25) is 0 Å². The zero-order chi connectivity index (χ0) is 12.4. The fourth-order valence-electron chi connectivity index (χ4n) is 0.691. The summed E-state index contributed by atoms with van der Waals surface area (Å²) >= 11 is 0. The van der Waals surface area contributed by atoms with E-state index in [0.29, 0.717) is 5.57 Å². The number of amides is 1. The molecule has 90 valence electrons. The van der Waals surface area contributed by atoms with E-state index in [4.69, 9.17) is 9.47 Å². The number of hydrogen-bond donors (Lipinski definition) is 1. The van der Waals surface area contributed by atoms with Gasteiger partial charge in [0.05, 0.1) is 6.54 Å². The minimum atomic E-state index is -0.538. The lowest BCUT2D eigenvalue weighted by Crippen LogP contribution is -2.28. The number of allylic oxidation sites excluding steroid dienone is 1. The highest BCUT2D eigenvalue weighted by molar-refractivity contribution is 5.86. The van der Waals surface area contributed by atoms with Crippen molar-refractivity contribution in [3.05, 3.63) is 24.3 Å². The normalized spacial score (nSPS) is 9.88. The molecule has 0 spiro atoms. The molecule has 0 aliphatic carbocycles. The Bertz CT molecular complexity index is 284. The second-order valence-corrected chi connectivity index (χ2v) is 3.01. The zero-order valence-corrected chi connectivity index (χ0v) is 9.62. The number of hydrogen-bond acceptors (Lipinski definition) is 4. The van der Waals surface area contributed by atoms with Crippen LogP contribution in [0.4, 0.5) is 4.79 Å². The molecule has 0 aromatic carbocycles. The molecule has 0 aliphatic heterocycles. The Morgan fingerprint density at radius 2 is 2.06 bits per heavy atom. The summed E-state index contributed by atoms with van der Waals surface area (Å²) in [6.07, 6.45) is 2.95. The molecule has 1 N–H and O–H groups in total. The molecule has 0 unspecified atom stereocenters. The predicted octanol–water partition coefficient (Wildman–Crippen LogP) is 1.41. The average Bonchev–Trinajstić information content (AvgIpc) is 2.24. The van der Waals surface area contributed by atoms with Gasteiger partial charge >= 0.3 is 12.1 Å². The third kappa shape index (κ3) is 7.61. The lowest BCUT2D eigenvalue weighted by atomic mass is 10.4. The van der Waals surface area contributed by atoms with Gasteiger partial charge in [-0.3, -0.25) is 0 Å². The van der Waals surface area contributed by atoms with Gasteiger partial charge in [0.2, 0.25) is 0 Å². The summed E-state index contributed by atoms with van der Waals surface area (Å²) in [5.74, 6) is -0.468. The smallest absolute Gasteiger partial charge is 0.407 e. The van der Waals surface area contributed by atoms with E-state index >= 15 is 0 Å². The molecular weight excluding hydrogens is 210 g/mol. The van der Waals surface area contributed by atoms with Crippen LogP contribution in [0.15, 0.2) is 24.3 Å². The van der Waals surface area contributed by atoms with E-state index < -0.39 is 12.1 Å². The van der Waals surface area contributed by atoms with E-state index in [9.17, 15) is 9.59 Å². The largest absolute Gasteiger partial charge is 0.460 e. The second kappa shape index (κ2) is 8.52. The molecule has 0 heterocycles. The monoisotopic (exact) mass is 227 g/mol. The molecule has 0 rings (SSSR count). The summed E-state index contributed by atoms with van der Waals surface area (Å²) in [5, 5.41) is 2.43. The van der Waals surface area contributed by atoms with E-state index in [1.54, 1.807) is 19.1 Å². The van der Waals surface area contributed by atoms with Crippen molar-refractivity contribution in [3.8, 4) is 0 Å². The van der Waals surface area contributed by atoms with Gasteiger partial charge in [0.1, 0.15) is 13.2 Å². The van der Waals surface area contributed by atoms with Gasteiger partial charge in [-0.2, -0.15) is 0 Å². The number of esters is 1. The first-order valence-electron chi connectivity index (χ1n) is 4.92. The summed E-state index contributed by atoms with van der Waals surface area (Å²) in [4.78, 5) is 21.9. The molecule has 0 radical (unpaired) electrons. The highest BCUT2D eigenvalue weighted by Gasteiger charge is 2.03. The molecule has 0 aliphatic rings. The summed E-state index contributed by atoms with van der Waals surface area (Å²) in [6.45, 7) is 7.36. The number of carbonyl (C=O) groups excluding carboxylic acids is 2. The SMILES string of the molecule is C=C(C)C(=O)OCCNC(=O)OCC=CC. The number of alkyl carbamates (subject to hydrolysis) is 1. The second-order valence-electron chi connectivity index (χ2n) is 3.01. The minimum Gasteiger partial charge on any atom is -0.460 e. The van der Waals surface area contributed by atoms with Crippen molar-refractivity contribution in [2.24, 2.45) is 0 Å². The van der Waals surface area contributed by atoms with E-state index in [0.717, 1.165) is 0 Å². The molecule has 0 saturated heterocycles. The Kier molecular flexibility index (Phi) is 7.57. The van der Waals surface area contributed by atoms with Gasteiger partial charge in [0.15, 0.2) is 0 Å². The van der Waals surface area contributed by atoms with Gasteiger partial charge in [-0.15, -0.1) is 0 Å². The van der Waals surface area contributed by atoms with Crippen molar-refractivity contribution < 1.29 is 19.1 Å². The van der Waals surface area contributed by atoms with Gasteiger partial charge in [-0.05, 0) is 13.8 Å². The number of carbonyl (C=O) groups is 2. The first-order chi connectivity index (χ1) is 7.57. The van der Waals surface area contributed by atoms with Gasteiger partial charge in [0, 0.05) is 5.57 Å². The number of rotatable bonds is 6. The summed E-state index contributed by atoms with van der Waals surface area (Å²) in [7, 11) is 0. The Balaban J connectivity index is 3.48. The molecule has 0 bridgehead atoms. The van der Waals surface area contributed by atoms with Crippen LogP contribution in [0, 0.1) is 0 Å². The minimum absolute atomic E-state index is 0.102. The fourth-order valence-corrected chi connectivity index (χ4v) is 0.691. The topological polar surface area (TPSA) is 64.6 Å². The molecule has 0 atom stereocenters. The maximum Gasteiger partial charge on any atom is 0.407 e. The predicted molar refractivity (Wildman–Crippen MR) is 59.9 cm³/mol. The highest BCUT2D eigenvalue weighted by atomic mass is 16.6. The molecular formula is C11H17NO4. The van der Waals surface area contributed by atoms with E-state index in [1.165, 1.54) is 0 Å². The standard InChI is InChI=1S/C11H17NO4/c1-4-5-7-16-11(14)12-6-8-15-10(13)9(2)3/h4-5H,2,6-8H2,1,3H3,(H,12,14). The van der Waals surface area contributed by atoms with Crippen LogP contribution in [0.5, 0.6) is 0 Å². The van der Waals surface area contributed by atoms with Crippen LogP contribution in [0.1, 0.15) is 13.8 Å². The van der Waals surface area contributed by atoms with Crippen molar-refractivity contribution in [1.82, 2.24) is 5.32 Å². The average molecular weight is 227 g/mol. The van der Waals surface area contributed by atoms with Gasteiger partial charge < -0.3 is 14.8 Å². The number of nitrogens with one attached hydrogen (secondary N) is 1. The maximum atomic E-state index is 11.0. The summed E-state index contributed by atoms with van der Waals surface area (Å²) < 4.78 is 9.50. The first kappa shape index (κ1) is 14.2. The molecule has 5 heteroatoms. The lowest BCUT2D eigenvalue weighted by molar-refractivity contribution is -0.138. The Hall–Kier alpha value is -1.78. The van der Waals surface area contributed by atoms with Crippen molar-refractivity contribution in [2.75, 3.05) is 19.8 Å². The molecule has 1 amide bonds. The summed E-state index contributed by atoms with van der Waals surface area (Å²) in [6, 6.07) is 0. The Morgan fingerprint density at radius 1 is 1.38 bits per heavy atom. The fraction of sp³-hybridized carbons (Fsp3) is 0.455. The van der Waals surface area contributed by atoms with Gasteiger partial charge in [-0.1, -0.05) is 18.7 Å². The Morgan fingerprint density at radius 3 is 2.62 bits per heavy atom. The zero-order valence-electron chi connectivity index (χ0n) is 9.62. The quantitative estimate of drug-likeness (QED) is 0.322. The van der Waals surface area contributed by atoms with Gasteiger partial charge in [-0.25, -0.2) is 9.59 Å².